The SMILES string of the molecule is CCCCCC(C)(C)CNC(=O)c1cc(I)ccc1Br. The van der Waals surface area contributed by atoms with Crippen molar-refractivity contribution in [1.29, 1.82) is 0 Å². The summed E-state index contributed by atoms with van der Waals surface area (Å²) in [6, 6.07) is 5.81. The summed E-state index contributed by atoms with van der Waals surface area (Å²) < 4.78 is 1.91. The second kappa shape index (κ2) is 8.37. The smallest absolute Gasteiger partial charge is 0.252 e. The van der Waals surface area contributed by atoms with Crippen LogP contribution < -0.4 is 5.32 Å². The van der Waals surface area contributed by atoms with Gasteiger partial charge in [-0.3, -0.25) is 4.79 Å². The van der Waals surface area contributed by atoms with Crippen molar-refractivity contribution in [2.75, 3.05) is 6.54 Å². The van der Waals surface area contributed by atoms with Crippen LogP contribution >= 0.6 is 38.5 Å². The van der Waals surface area contributed by atoms with Gasteiger partial charge in [0.1, 0.15) is 0 Å². The maximum Gasteiger partial charge on any atom is 0.252 e. The van der Waals surface area contributed by atoms with E-state index in [0.717, 1.165) is 14.5 Å². The standard InChI is InChI=1S/C16H23BrINO/c1-4-5-6-9-16(2,3)11-19-15(20)13-10-12(18)7-8-14(13)17/h7-8,10H,4-6,9,11H2,1-3H3,(H,19,20). The van der Waals surface area contributed by atoms with Crippen LogP contribution in [-0.2, 0) is 0 Å². The molecule has 1 amide bonds. The number of unbranched alkanes of at least 4 members (excludes halogenated alkanes) is 2. The van der Waals surface area contributed by atoms with E-state index < -0.39 is 0 Å². The van der Waals surface area contributed by atoms with E-state index in [-0.39, 0.29) is 11.3 Å². The van der Waals surface area contributed by atoms with Gasteiger partial charge in [0.2, 0.25) is 0 Å². The van der Waals surface area contributed by atoms with Crippen molar-refractivity contribution in [2.24, 2.45) is 5.41 Å². The first-order chi connectivity index (χ1) is 9.35. The normalized spacial score (nSPS) is 11.4. The lowest BCUT2D eigenvalue weighted by atomic mass is 9.87. The van der Waals surface area contributed by atoms with Crippen molar-refractivity contribution in [1.82, 2.24) is 5.32 Å². The number of amides is 1. The van der Waals surface area contributed by atoms with Crippen LogP contribution in [-0.4, -0.2) is 12.5 Å². The Balaban J connectivity index is 2.56. The third-order valence-corrected chi connectivity index (χ3v) is 4.72. The zero-order valence-corrected chi connectivity index (χ0v) is 16.2. The first-order valence-corrected chi connectivity index (χ1v) is 8.96. The summed E-state index contributed by atoms with van der Waals surface area (Å²) in [7, 11) is 0. The highest BCUT2D eigenvalue weighted by atomic mass is 127. The van der Waals surface area contributed by atoms with E-state index in [1.165, 1.54) is 19.3 Å². The molecule has 0 spiro atoms. The molecule has 20 heavy (non-hydrogen) atoms. The Morgan fingerprint density at radius 1 is 1.35 bits per heavy atom. The Bertz CT molecular complexity index is 460. The zero-order valence-electron chi connectivity index (χ0n) is 12.4. The fourth-order valence-electron chi connectivity index (χ4n) is 2.03. The lowest BCUT2D eigenvalue weighted by Crippen LogP contribution is -2.34. The molecule has 0 aromatic heterocycles. The molecule has 0 radical (unpaired) electrons. The van der Waals surface area contributed by atoms with Crippen LogP contribution in [0.5, 0.6) is 0 Å². The molecular formula is C16H23BrINO. The third kappa shape index (κ3) is 6.12. The van der Waals surface area contributed by atoms with Crippen LogP contribution in [0.3, 0.4) is 0 Å². The topological polar surface area (TPSA) is 29.1 Å². The lowest BCUT2D eigenvalue weighted by molar-refractivity contribution is 0.0933. The number of benzene rings is 1. The number of rotatable bonds is 7. The highest BCUT2D eigenvalue weighted by Crippen LogP contribution is 2.24. The number of hydrogen-bond acceptors (Lipinski definition) is 1. The number of carbonyl (C=O) groups is 1. The highest BCUT2D eigenvalue weighted by molar-refractivity contribution is 14.1. The van der Waals surface area contributed by atoms with Gasteiger partial charge in [-0.05, 0) is 68.6 Å². The van der Waals surface area contributed by atoms with Crippen LogP contribution in [0.4, 0.5) is 0 Å². The van der Waals surface area contributed by atoms with Crippen molar-refractivity contribution in [3.63, 3.8) is 0 Å². The Labute approximate surface area is 144 Å². The molecule has 4 heteroatoms. The van der Waals surface area contributed by atoms with Crippen molar-refractivity contribution in [2.45, 2.75) is 46.5 Å². The largest absolute Gasteiger partial charge is 0.351 e. The van der Waals surface area contributed by atoms with Gasteiger partial charge >= 0.3 is 0 Å². The predicted octanol–water partition coefficient (Wildman–Crippen LogP) is 5.39. The van der Waals surface area contributed by atoms with Gasteiger partial charge in [-0.1, -0.05) is 40.0 Å². The number of hydrogen-bond donors (Lipinski definition) is 1. The highest BCUT2D eigenvalue weighted by Gasteiger charge is 2.19. The minimum Gasteiger partial charge on any atom is -0.351 e. The monoisotopic (exact) mass is 451 g/mol. The minimum absolute atomic E-state index is 0.000965. The van der Waals surface area contributed by atoms with Crippen molar-refractivity contribution in [3.05, 3.63) is 31.8 Å². The van der Waals surface area contributed by atoms with Gasteiger partial charge in [-0.15, -0.1) is 0 Å². The van der Waals surface area contributed by atoms with E-state index in [9.17, 15) is 4.79 Å². The summed E-state index contributed by atoms with van der Waals surface area (Å²) in [6.07, 6.45) is 4.87. The molecule has 0 aliphatic heterocycles. The zero-order chi connectivity index (χ0) is 15.2. The second-order valence-corrected chi connectivity index (χ2v) is 8.03. The molecular weight excluding hydrogens is 429 g/mol. The molecule has 1 aromatic carbocycles. The third-order valence-electron chi connectivity index (χ3n) is 3.36. The van der Waals surface area contributed by atoms with Crippen molar-refractivity contribution >= 4 is 44.4 Å². The summed E-state index contributed by atoms with van der Waals surface area (Å²) >= 11 is 5.66. The maximum absolute atomic E-state index is 12.2. The van der Waals surface area contributed by atoms with Gasteiger partial charge < -0.3 is 5.32 Å². The van der Waals surface area contributed by atoms with E-state index >= 15 is 0 Å². The molecule has 0 atom stereocenters. The fraction of sp³-hybridized carbons (Fsp3) is 0.562. The summed E-state index contributed by atoms with van der Waals surface area (Å²) in [6.45, 7) is 7.36. The summed E-state index contributed by atoms with van der Waals surface area (Å²) in [4.78, 5) is 12.2. The van der Waals surface area contributed by atoms with Crippen LogP contribution in [0.1, 0.15) is 56.8 Å². The Morgan fingerprint density at radius 3 is 2.70 bits per heavy atom. The number of halogens is 2. The number of carbonyl (C=O) groups excluding carboxylic acids is 1. The first kappa shape index (κ1) is 18.0. The molecule has 1 N–H and O–H groups in total. The van der Waals surface area contributed by atoms with E-state index in [2.05, 4.69) is 64.6 Å². The van der Waals surface area contributed by atoms with Gasteiger partial charge in [-0.2, -0.15) is 0 Å². The molecule has 1 rings (SSSR count). The summed E-state index contributed by atoms with van der Waals surface area (Å²) in [5.41, 5.74) is 0.862. The Hall–Kier alpha value is -0.100. The second-order valence-electron chi connectivity index (χ2n) is 5.93. The lowest BCUT2D eigenvalue weighted by Gasteiger charge is -2.25. The van der Waals surface area contributed by atoms with Crippen LogP contribution in [0.15, 0.2) is 22.7 Å². The summed E-state index contributed by atoms with van der Waals surface area (Å²) in [5, 5.41) is 3.06. The van der Waals surface area contributed by atoms with E-state index in [1.807, 2.05) is 18.2 Å². The molecule has 1 aromatic rings. The Kier molecular flexibility index (Phi) is 7.51. The van der Waals surface area contributed by atoms with Gasteiger partial charge in [-0.25, -0.2) is 0 Å². The van der Waals surface area contributed by atoms with E-state index in [4.69, 9.17) is 0 Å². The van der Waals surface area contributed by atoms with Crippen molar-refractivity contribution in [3.8, 4) is 0 Å². The molecule has 0 heterocycles. The maximum atomic E-state index is 12.2. The molecule has 0 unspecified atom stereocenters. The molecule has 0 saturated heterocycles. The van der Waals surface area contributed by atoms with Crippen LogP contribution in [0.2, 0.25) is 0 Å². The van der Waals surface area contributed by atoms with Crippen LogP contribution in [0, 0.1) is 8.99 Å². The molecule has 0 bridgehead atoms. The average molecular weight is 452 g/mol. The molecule has 112 valence electrons. The molecule has 0 aliphatic carbocycles. The quantitative estimate of drug-likeness (QED) is 0.437. The van der Waals surface area contributed by atoms with Gasteiger partial charge in [0.15, 0.2) is 0 Å². The molecule has 0 aliphatic rings. The minimum atomic E-state index is -0.000965. The predicted molar refractivity (Wildman–Crippen MR) is 97.1 cm³/mol. The Morgan fingerprint density at radius 2 is 2.05 bits per heavy atom. The molecule has 0 fully saturated rings. The van der Waals surface area contributed by atoms with E-state index in [1.54, 1.807) is 0 Å². The first-order valence-electron chi connectivity index (χ1n) is 7.09. The van der Waals surface area contributed by atoms with Crippen molar-refractivity contribution < 1.29 is 4.79 Å². The number of nitrogens with one attached hydrogen (secondary N) is 1. The molecule has 2 nitrogen and oxygen atoms in total. The van der Waals surface area contributed by atoms with Gasteiger partial charge in [0.25, 0.3) is 5.91 Å². The average Bonchev–Trinajstić information content (AvgIpc) is 2.39. The van der Waals surface area contributed by atoms with Gasteiger partial charge in [0, 0.05) is 14.6 Å². The van der Waals surface area contributed by atoms with Gasteiger partial charge in [0.05, 0.1) is 5.56 Å². The van der Waals surface area contributed by atoms with E-state index in [0.29, 0.717) is 12.1 Å². The molecule has 0 saturated carbocycles. The fourth-order valence-corrected chi connectivity index (χ4v) is 2.95. The van der Waals surface area contributed by atoms with Crippen LogP contribution in [0.25, 0.3) is 0 Å². The summed E-state index contributed by atoms with van der Waals surface area (Å²) in [5.74, 6) is -0.000965.